The molecule has 25 heavy (non-hydrogen) atoms. The Balaban J connectivity index is 1.62. The topological polar surface area (TPSA) is 29.1 Å². The number of amides is 1. The van der Waals surface area contributed by atoms with Gasteiger partial charge in [0.25, 0.3) is 0 Å². The summed E-state index contributed by atoms with van der Waals surface area (Å²) in [5.41, 5.74) is 4.46. The molecule has 1 N–H and O–H groups in total. The molecule has 1 atom stereocenters. The monoisotopic (exact) mass is 327 g/mol. The zero-order chi connectivity index (χ0) is 17.5. The second-order valence-electron chi connectivity index (χ2n) is 5.96. The molecule has 0 fully saturated rings. The lowest BCUT2D eigenvalue weighted by molar-refractivity contribution is -0.117. The van der Waals surface area contributed by atoms with Crippen molar-refractivity contribution in [2.24, 2.45) is 0 Å². The number of carbonyl (C=O) groups excluding carboxylic acids is 1. The first-order chi connectivity index (χ1) is 12.2. The predicted octanol–water partition coefficient (Wildman–Crippen LogP) is 5.24. The summed E-state index contributed by atoms with van der Waals surface area (Å²) in [7, 11) is 0. The van der Waals surface area contributed by atoms with Crippen LogP contribution < -0.4 is 5.32 Å². The van der Waals surface area contributed by atoms with Crippen LogP contribution in [0.4, 0.5) is 0 Å². The summed E-state index contributed by atoms with van der Waals surface area (Å²) in [6.45, 7) is 1.99. The molecule has 0 aliphatic rings. The van der Waals surface area contributed by atoms with E-state index in [1.54, 1.807) is 6.08 Å². The molecule has 0 bridgehead atoms. The van der Waals surface area contributed by atoms with Crippen LogP contribution in [0.3, 0.4) is 0 Å². The molecule has 124 valence electrons. The van der Waals surface area contributed by atoms with Crippen molar-refractivity contribution in [3.63, 3.8) is 0 Å². The van der Waals surface area contributed by atoms with Crippen LogP contribution in [0.25, 0.3) is 17.2 Å². The summed E-state index contributed by atoms with van der Waals surface area (Å²) < 4.78 is 0. The molecule has 1 amide bonds. The van der Waals surface area contributed by atoms with Crippen molar-refractivity contribution in [2.45, 2.75) is 13.0 Å². The molecule has 3 aromatic carbocycles. The highest BCUT2D eigenvalue weighted by Crippen LogP contribution is 2.21. The summed E-state index contributed by atoms with van der Waals surface area (Å²) in [5, 5.41) is 3.00. The van der Waals surface area contributed by atoms with Gasteiger partial charge in [-0.15, -0.1) is 0 Å². The van der Waals surface area contributed by atoms with Crippen molar-refractivity contribution >= 4 is 12.0 Å². The molecule has 3 aromatic rings. The SMILES string of the molecule is C[C@@H](NC(=O)/C=C/c1ccccc1)c1ccc(-c2ccccc2)cc1. The molecule has 0 unspecified atom stereocenters. The average Bonchev–Trinajstić information content (AvgIpc) is 2.68. The maximum atomic E-state index is 12.1. The Morgan fingerprint density at radius 2 is 1.36 bits per heavy atom. The minimum absolute atomic E-state index is 0.0438. The van der Waals surface area contributed by atoms with Crippen LogP contribution in [0.1, 0.15) is 24.1 Å². The van der Waals surface area contributed by atoms with Crippen LogP contribution in [-0.2, 0) is 4.79 Å². The Morgan fingerprint density at radius 1 is 0.800 bits per heavy atom. The van der Waals surface area contributed by atoms with Crippen LogP contribution in [0, 0.1) is 0 Å². The van der Waals surface area contributed by atoms with E-state index in [-0.39, 0.29) is 11.9 Å². The largest absolute Gasteiger partial charge is 0.346 e. The second kappa shape index (κ2) is 8.11. The van der Waals surface area contributed by atoms with Crippen molar-refractivity contribution in [3.05, 3.63) is 102 Å². The summed E-state index contributed by atoms with van der Waals surface area (Å²) in [6.07, 6.45) is 3.39. The van der Waals surface area contributed by atoms with E-state index < -0.39 is 0 Å². The third kappa shape index (κ3) is 4.67. The van der Waals surface area contributed by atoms with Gasteiger partial charge in [0.15, 0.2) is 0 Å². The molecule has 0 aromatic heterocycles. The number of carbonyl (C=O) groups is 1. The maximum absolute atomic E-state index is 12.1. The van der Waals surface area contributed by atoms with E-state index in [1.807, 2.05) is 61.5 Å². The molecule has 2 heteroatoms. The minimum Gasteiger partial charge on any atom is -0.346 e. The van der Waals surface area contributed by atoms with Gasteiger partial charge in [-0.1, -0.05) is 84.9 Å². The standard InChI is InChI=1S/C23H21NO/c1-18(24-23(25)17-12-19-8-4-2-5-9-19)20-13-15-22(16-14-20)21-10-6-3-7-11-21/h2-18H,1H3,(H,24,25)/b17-12+/t18-/m1/s1. The van der Waals surface area contributed by atoms with E-state index in [9.17, 15) is 4.79 Å². The third-order valence-electron chi connectivity index (χ3n) is 4.10. The fourth-order valence-electron chi connectivity index (χ4n) is 2.68. The number of hydrogen-bond acceptors (Lipinski definition) is 1. The van der Waals surface area contributed by atoms with Crippen molar-refractivity contribution in [1.29, 1.82) is 0 Å². The van der Waals surface area contributed by atoms with Crippen molar-refractivity contribution in [3.8, 4) is 11.1 Å². The lowest BCUT2D eigenvalue weighted by atomic mass is 10.0. The third-order valence-corrected chi connectivity index (χ3v) is 4.10. The Morgan fingerprint density at radius 3 is 2.00 bits per heavy atom. The summed E-state index contributed by atoms with van der Waals surface area (Å²) in [4.78, 5) is 12.1. The smallest absolute Gasteiger partial charge is 0.244 e. The van der Waals surface area contributed by atoms with Crippen LogP contribution in [-0.4, -0.2) is 5.91 Å². The zero-order valence-corrected chi connectivity index (χ0v) is 14.2. The van der Waals surface area contributed by atoms with Crippen LogP contribution in [0.15, 0.2) is 91.0 Å². The van der Waals surface area contributed by atoms with Crippen LogP contribution in [0.5, 0.6) is 0 Å². The van der Waals surface area contributed by atoms with Gasteiger partial charge in [0.05, 0.1) is 6.04 Å². The molecule has 0 spiro atoms. The fraction of sp³-hybridized carbons (Fsp3) is 0.0870. The second-order valence-corrected chi connectivity index (χ2v) is 5.96. The highest BCUT2D eigenvalue weighted by Gasteiger charge is 2.07. The van der Waals surface area contributed by atoms with Gasteiger partial charge in [-0.05, 0) is 35.3 Å². The van der Waals surface area contributed by atoms with Crippen LogP contribution >= 0.6 is 0 Å². The van der Waals surface area contributed by atoms with E-state index in [0.717, 1.165) is 11.1 Å². The average molecular weight is 327 g/mol. The molecule has 0 heterocycles. The summed E-state index contributed by atoms with van der Waals surface area (Å²) >= 11 is 0. The first-order valence-electron chi connectivity index (χ1n) is 8.41. The van der Waals surface area contributed by atoms with Crippen LogP contribution in [0.2, 0.25) is 0 Å². The molecule has 0 saturated heterocycles. The van der Waals surface area contributed by atoms with E-state index >= 15 is 0 Å². The van der Waals surface area contributed by atoms with Gasteiger partial charge in [0.2, 0.25) is 5.91 Å². The Labute approximate surface area is 148 Å². The summed E-state index contributed by atoms with van der Waals surface area (Å²) in [5.74, 6) is -0.0940. The maximum Gasteiger partial charge on any atom is 0.244 e. The number of hydrogen-bond donors (Lipinski definition) is 1. The van der Waals surface area contributed by atoms with Gasteiger partial charge in [0, 0.05) is 6.08 Å². The number of nitrogens with one attached hydrogen (secondary N) is 1. The highest BCUT2D eigenvalue weighted by atomic mass is 16.1. The number of benzene rings is 3. The van der Waals surface area contributed by atoms with Gasteiger partial charge in [0.1, 0.15) is 0 Å². The Bertz CT molecular complexity index is 836. The normalized spacial score (nSPS) is 12.0. The molecule has 3 rings (SSSR count). The quantitative estimate of drug-likeness (QED) is 0.638. The Kier molecular flexibility index (Phi) is 5.43. The molecular formula is C23H21NO. The van der Waals surface area contributed by atoms with Gasteiger partial charge >= 0.3 is 0 Å². The molecule has 0 aliphatic heterocycles. The lowest BCUT2D eigenvalue weighted by Crippen LogP contribution is -2.24. The van der Waals surface area contributed by atoms with Gasteiger partial charge in [-0.3, -0.25) is 4.79 Å². The molecule has 0 radical (unpaired) electrons. The van der Waals surface area contributed by atoms with Gasteiger partial charge in [-0.2, -0.15) is 0 Å². The van der Waals surface area contributed by atoms with E-state index in [1.165, 1.54) is 11.1 Å². The predicted molar refractivity (Wildman–Crippen MR) is 104 cm³/mol. The number of rotatable bonds is 5. The molecule has 2 nitrogen and oxygen atoms in total. The van der Waals surface area contributed by atoms with Crippen molar-refractivity contribution in [1.82, 2.24) is 5.32 Å². The van der Waals surface area contributed by atoms with Crippen molar-refractivity contribution < 1.29 is 4.79 Å². The van der Waals surface area contributed by atoms with E-state index in [0.29, 0.717) is 0 Å². The molecule has 0 aliphatic carbocycles. The zero-order valence-electron chi connectivity index (χ0n) is 14.2. The van der Waals surface area contributed by atoms with E-state index in [2.05, 4.69) is 41.7 Å². The minimum atomic E-state index is -0.0940. The fourth-order valence-corrected chi connectivity index (χ4v) is 2.68. The van der Waals surface area contributed by atoms with Gasteiger partial charge in [-0.25, -0.2) is 0 Å². The Hall–Kier alpha value is -3.13. The first-order valence-corrected chi connectivity index (χ1v) is 8.41. The lowest BCUT2D eigenvalue weighted by Gasteiger charge is -2.13. The van der Waals surface area contributed by atoms with E-state index in [4.69, 9.17) is 0 Å². The van der Waals surface area contributed by atoms with Crippen molar-refractivity contribution in [2.75, 3.05) is 0 Å². The molecular weight excluding hydrogens is 306 g/mol. The highest BCUT2D eigenvalue weighted by molar-refractivity contribution is 5.91. The summed E-state index contributed by atoms with van der Waals surface area (Å²) in [6, 6.07) is 28.3. The van der Waals surface area contributed by atoms with Gasteiger partial charge < -0.3 is 5.32 Å². The molecule has 0 saturated carbocycles. The first kappa shape index (κ1) is 16.7.